The maximum absolute atomic E-state index is 11.4. The molecule has 0 heterocycles. The van der Waals surface area contributed by atoms with E-state index in [-0.39, 0.29) is 12.5 Å². The minimum atomic E-state index is -0.573. The van der Waals surface area contributed by atoms with Crippen molar-refractivity contribution < 1.29 is 19.4 Å². The first-order valence-corrected chi connectivity index (χ1v) is 5.64. The highest BCUT2D eigenvalue weighted by molar-refractivity contribution is 5.77. The van der Waals surface area contributed by atoms with Crippen molar-refractivity contribution in [2.75, 3.05) is 27.8 Å². The highest BCUT2D eigenvalue weighted by Crippen LogP contribution is 2.30. The van der Waals surface area contributed by atoms with Crippen LogP contribution in [0.5, 0.6) is 11.5 Å². The van der Waals surface area contributed by atoms with Crippen molar-refractivity contribution >= 4 is 5.91 Å². The number of methoxy groups -OCH3 is 1. The molecule has 0 bridgehead atoms. The third-order valence-corrected chi connectivity index (χ3v) is 2.52. The summed E-state index contributed by atoms with van der Waals surface area (Å²) in [6, 6.07) is 5.12. The number of benzene rings is 1. The fraction of sp³-hybridized carbons (Fsp3) is 0.462. The van der Waals surface area contributed by atoms with E-state index in [4.69, 9.17) is 9.47 Å². The highest BCUT2D eigenvalue weighted by atomic mass is 16.5. The van der Waals surface area contributed by atoms with Gasteiger partial charge in [-0.3, -0.25) is 4.79 Å². The van der Waals surface area contributed by atoms with Gasteiger partial charge >= 0.3 is 0 Å². The van der Waals surface area contributed by atoms with Gasteiger partial charge in [0.25, 0.3) is 5.91 Å². The molecule has 0 radical (unpaired) electrons. The van der Waals surface area contributed by atoms with Gasteiger partial charge in [-0.05, 0) is 24.6 Å². The largest absolute Gasteiger partial charge is 0.493 e. The first-order valence-electron chi connectivity index (χ1n) is 5.64. The van der Waals surface area contributed by atoms with Crippen LogP contribution < -0.4 is 9.47 Å². The number of rotatable bonds is 5. The van der Waals surface area contributed by atoms with Crippen LogP contribution in [0.4, 0.5) is 0 Å². The maximum atomic E-state index is 11.4. The Balaban J connectivity index is 2.80. The Hall–Kier alpha value is -1.75. The van der Waals surface area contributed by atoms with Crippen LogP contribution in [0.1, 0.15) is 18.6 Å². The fourth-order valence-electron chi connectivity index (χ4n) is 1.33. The van der Waals surface area contributed by atoms with Crippen LogP contribution in [0.2, 0.25) is 0 Å². The smallest absolute Gasteiger partial charge is 0.259 e. The lowest BCUT2D eigenvalue weighted by atomic mass is 10.1. The fourth-order valence-corrected chi connectivity index (χ4v) is 1.33. The molecule has 1 rings (SSSR count). The lowest BCUT2D eigenvalue weighted by Crippen LogP contribution is -2.27. The van der Waals surface area contributed by atoms with Crippen molar-refractivity contribution in [2.45, 2.75) is 13.0 Å². The zero-order chi connectivity index (χ0) is 13.7. The number of aliphatic hydroxyl groups is 1. The van der Waals surface area contributed by atoms with Gasteiger partial charge in [0.1, 0.15) is 0 Å². The summed E-state index contributed by atoms with van der Waals surface area (Å²) in [5, 5.41) is 9.47. The van der Waals surface area contributed by atoms with Gasteiger partial charge in [-0.2, -0.15) is 0 Å². The molecule has 0 fully saturated rings. The predicted molar refractivity (Wildman–Crippen MR) is 67.8 cm³/mol. The van der Waals surface area contributed by atoms with E-state index in [0.29, 0.717) is 11.5 Å². The average Bonchev–Trinajstić information content (AvgIpc) is 2.35. The van der Waals surface area contributed by atoms with Crippen molar-refractivity contribution in [2.24, 2.45) is 0 Å². The summed E-state index contributed by atoms with van der Waals surface area (Å²) in [6.07, 6.45) is -0.573. The van der Waals surface area contributed by atoms with Crippen LogP contribution >= 0.6 is 0 Å². The number of likely N-dealkylation sites (N-methyl/N-ethyl adjacent to an activating group) is 1. The Kier molecular flexibility index (Phi) is 4.97. The van der Waals surface area contributed by atoms with E-state index in [1.54, 1.807) is 39.2 Å². The molecule has 18 heavy (non-hydrogen) atoms. The molecule has 0 aliphatic carbocycles. The lowest BCUT2D eigenvalue weighted by molar-refractivity contribution is -0.130. The van der Waals surface area contributed by atoms with Crippen LogP contribution in [0.25, 0.3) is 0 Å². The number of ether oxygens (including phenoxy) is 2. The highest BCUT2D eigenvalue weighted by Gasteiger charge is 2.11. The average molecular weight is 253 g/mol. The molecule has 1 amide bonds. The molecule has 5 nitrogen and oxygen atoms in total. The molecule has 0 saturated heterocycles. The van der Waals surface area contributed by atoms with Crippen LogP contribution in [0, 0.1) is 0 Å². The maximum Gasteiger partial charge on any atom is 0.259 e. The Bertz CT molecular complexity index is 415. The standard InChI is InChI=1S/C13H19NO4/c1-9(15)10-5-6-11(12(7-10)17-4)18-8-13(16)14(2)3/h5-7,9,15H,8H2,1-4H3/t9-/m1/s1. The third kappa shape index (κ3) is 3.63. The van der Waals surface area contributed by atoms with Gasteiger partial charge in [-0.1, -0.05) is 6.07 Å². The Morgan fingerprint density at radius 2 is 2.06 bits per heavy atom. The molecule has 5 heteroatoms. The summed E-state index contributed by atoms with van der Waals surface area (Å²) < 4.78 is 10.6. The number of aliphatic hydroxyl groups excluding tert-OH is 1. The van der Waals surface area contributed by atoms with Gasteiger partial charge in [0, 0.05) is 14.1 Å². The van der Waals surface area contributed by atoms with Crippen molar-refractivity contribution in [3.8, 4) is 11.5 Å². The van der Waals surface area contributed by atoms with Crippen molar-refractivity contribution in [1.82, 2.24) is 4.90 Å². The summed E-state index contributed by atoms with van der Waals surface area (Å²) in [7, 11) is 4.85. The van der Waals surface area contributed by atoms with Gasteiger partial charge in [0.15, 0.2) is 18.1 Å². The van der Waals surface area contributed by atoms with E-state index in [2.05, 4.69) is 0 Å². The zero-order valence-corrected chi connectivity index (χ0v) is 11.1. The summed E-state index contributed by atoms with van der Waals surface area (Å²) in [6.45, 7) is 1.63. The first kappa shape index (κ1) is 14.3. The van der Waals surface area contributed by atoms with Gasteiger partial charge in [0.2, 0.25) is 0 Å². The van der Waals surface area contributed by atoms with Crippen LogP contribution in [0.15, 0.2) is 18.2 Å². The van der Waals surface area contributed by atoms with Crippen LogP contribution in [-0.2, 0) is 4.79 Å². The number of nitrogens with zero attached hydrogens (tertiary/aromatic N) is 1. The predicted octanol–water partition coefficient (Wildman–Crippen LogP) is 1.22. The van der Waals surface area contributed by atoms with Gasteiger partial charge in [0.05, 0.1) is 13.2 Å². The molecule has 0 aliphatic rings. The Morgan fingerprint density at radius 3 is 2.56 bits per heavy atom. The Morgan fingerprint density at radius 1 is 1.39 bits per heavy atom. The molecular formula is C13H19NO4. The molecule has 1 aromatic carbocycles. The first-order chi connectivity index (χ1) is 8.45. The molecule has 1 N–H and O–H groups in total. The van der Waals surface area contributed by atoms with Crippen LogP contribution in [-0.4, -0.2) is 43.7 Å². The second-order valence-corrected chi connectivity index (χ2v) is 4.16. The molecule has 0 saturated carbocycles. The van der Waals surface area contributed by atoms with Gasteiger partial charge in [-0.25, -0.2) is 0 Å². The SMILES string of the molecule is COc1cc([C@@H](C)O)ccc1OCC(=O)N(C)C. The van der Waals surface area contributed by atoms with Gasteiger partial charge < -0.3 is 19.5 Å². The van der Waals surface area contributed by atoms with E-state index >= 15 is 0 Å². The monoisotopic (exact) mass is 253 g/mol. The van der Waals surface area contributed by atoms with E-state index in [1.165, 1.54) is 12.0 Å². The number of hydrogen-bond acceptors (Lipinski definition) is 4. The minimum Gasteiger partial charge on any atom is -0.493 e. The van der Waals surface area contributed by atoms with E-state index < -0.39 is 6.10 Å². The number of hydrogen-bond donors (Lipinski definition) is 1. The van der Waals surface area contributed by atoms with E-state index in [1.807, 2.05) is 0 Å². The summed E-state index contributed by atoms with van der Waals surface area (Å²) in [4.78, 5) is 12.9. The molecule has 0 unspecified atom stereocenters. The van der Waals surface area contributed by atoms with Gasteiger partial charge in [-0.15, -0.1) is 0 Å². The number of carbonyl (C=O) groups excluding carboxylic acids is 1. The van der Waals surface area contributed by atoms with E-state index in [0.717, 1.165) is 5.56 Å². The quantitative estimate of drug-likeness (QED) is 0.857. The Labute approximate surface area is 107 Å². The zero-order valence-electron chi connectivity index (χ0n) is 11.1. The topological polar surface area (TPSA) is 59.0 Å². The molecule has 0 aromatic heterocycles. The second-order valence-electron chi connectivity index (χ2n) is 4.16. The second kappa shape index (κ2) is 6.26. The molecule has 1 aromatic rings. The van der Waals surface area contributed by atoms with Crippen molar-refractivity contribution in [3.05, 3.63) is 23.8 Å². The third-order valence-electron chi connectivity index (χ3n) is 2.52. The molecule has 100 valence electrons. The molecular weight excluding hydrogens is 234 g/mol. The number of carbonyl (C=O) groups is 1. The van der Waals surface area contributed by atoms with Crippen molar-refractivity contribution in [3.63, 3.8) is 0 Å². The summed E-state index contributed by atoms with van der Waals surface area (Å²) in [5.74, 6) is 0.855. The normalized spacial score (nSPS) is 11.8. The minimum absolute atomic E-state index is 0.0443. The summed E-state index contributed by atoms with van der Waals surface area (Å²) in [5.41, 5.74) is 0.734. The molecule has 1 atom stereocenters. The van der Waals surface area contributed by atoms with E-state index in [9.17, 15) is 9.90 Å². The summed E-state index contributed by atoms with van der Waals surface area (Å²) >= 11 is 0. The molecule has 0 spiro atoms. The van der Waals surface area contributed by atoms with Crippen LogP contribution in [0.3, 0.4) is 0 Å². The number of amides is 1. The lowest BCUT2D eigenvalue weighted by Gasteiger charge is -2.14. The molecule has 0 aliphatic heterocycles. The van der Waals surface area contributed by atoms with Crippen molar-refractivity contribution in [1.29, 1.82) is 0 Å².